The van der Waals surface area contributed by atoms with Crippen LogP contribution < -0.4 is 4.74 Å². The van der Waals surface area contributed by atoms with Crippen LogP contribution in [0.15, 0.2) is 59.0 Å². The average Bonchev–Trinajstić information content (AvgIpc) is 3.19. The molecule has 5 heteroatoms. The largest absolute Gasteiger partial charge is 0.497 e. The lowest BCUT2D eigenvalue weighted by atomic mass is 9.82. The Bertz CT molecular complexity index is 953. The lowest BCUT2D eigenvalue weighted by Crippen LogP contribution is -2.27. The van der Waals surface area contributed by atoms with Gasteiger partial charge in [0.1, 0.15) is 23.3 Å². The minimum atomic E-state index is -0.656. The number of nitrogens with zero attached hydrogens (tertiary/aromatic N) is 1. The monoisotopic (exact) mass is 407 g/mol. The molecule has 1 aromatic heterocycles. The normalized spacial score (nSPS) is 20.1. The topological polar surface area (TPSA) is 64.7 Å². The van der Waals surface area contributed by atoms with Crippen molar-refractivity contribution < 1.29 is 19.0 Å². The molecule has 3 atom stereocenters. The summed E-state index contributed by atoms with van der Waals surface area (Å²) in [7, 11) is 1.63. The summed E-state index contributed by atoms with van der Waals surface area (Å²) in [5.41, 5.74) is 2.64. The molecule has 1 fully saturated rings. The number of ether oxygens (including phenoxy) is 2. The molecule has 0 saturated heterocycles. The Labute approximate surface area is 177 Å². The average molecular weight is 408 g/mol. The molecule has 0 radical (unpaired) electrons. The maximum atomic E-state index is 11.1. The van der Waals surface area contributed by atoms with Crippen molar-refractivity contribution >= 4 is 0 Å². The van der Waals surface area contributed by atoms with Crippen LogP contribution in [0.2, 0.25) is 0 Å². The number of aryl methyl sites for hydroxylation is 1. The molecule has 3 unspecified atom stereocenters. The molecule has 0 aliphatic heterocycles. The zero-order valence-electron chi connectivity index (χ0n) is 17.6. The van der Waals surface area contributed by atoms with Gasteiger partial charge in [-0.05, 0) is 55.9 Å². The molecule has 30 heavy (non-hydrogen) atoms. The van der Waals surface area contributed by atoms with Crippen molar-refractivity contribution in [3.8, 4) is 17.2 Å². The van der Waals surface area contributed by atoms with Crippen molar-refractivity contribution in [2.24, 2.45) is 5.92 Å². The number of hydrogen-bond acceptors (Lipinski definition) is 5. The second-order valence-corrected chi connectivity index (χ2v) is 7.98. The molecule has 4 rings (SSSR count). The van der Waals surface area contributed by atoms with Gasteiger partial charge in [0.25, 0.3) is 0 Å². The molecule has 2 aromatic carbocycles. The molecular weight excluding hydrogens is 378 g/mol. The van der Waals surface area contributed by atoms with Crippen molar-refractivity contribution in [3.05, 3.63) is 71.6 Å². The van der Waals surface area contributed by atoms with Crippen LogP contribution in [0.3, 0.4) is 0 Å². The van der Waals surface area contributed by atoms with Gasteiger partial charge in [0.2, 0.25) is 5.89 Å². The Morgan fingerprint density at radius 1 is 1.13 bits per heavy atom. The fraction of sp³-hybridized carbons (Fsp3) is 0.400. The van der Waals surface area contributed by atoms with Crippen LogP contribution in [-0.4, -0.2) is 23.3 Å². The van der Waals surface area contributed by atoms with Gasteiger partial charge in [-0.1, -0.05) is 42.8 Å². The Morgan fingerprint density at radius 3 is 2.77 bits per heavy atom. The Kier molecular flexibility index (Phi) is 6.50. The Hall–Kier alpha value is -2.63. The number of methoxy groups -OCH3 is 1. The van der Waals surface area contributed by atoms with Crippen molar-refractivity contribution in [3.63, 3.8) is 0 Å². The van der Waals surface area contributed by atoms with E-state index in [1.165, 1.54) is 5.56 Å². The summed E-state index contributed by atoms with van der Waals surface area (Å²) in [6.07, 6.45) is 3.37. The zero-order chi connectivity index (χ0) is 20.9. The maximum Gasteiger partial charge on any atom is 0.226 e. The van der Waals surface area contributed by atoms with Crippen LogP contribution in [0.5, 0.6) is 5.75 Å². The van der Waals surface area contributed by atoms with Crippen LogP contribution >= 0.6 is 0 Å². The van der Waals surface area contributed by atoms with Crippen LogP contribution in [0.25, 0.3) is 11.5 Å². The lowest BCUT2D eigenvalue weighted by Gasteiger charge is -2.31. The quantitative estimate of drug-likeness (QED) is 0.563. The smallest absolute Gasteiger partial charge is 0.226 e. The Morgan fingerprint density at radius 2 is 1.97 bits per heavy atom. The summed E-state index contributed by atoms with van der Waals surface area (Å²) in [5.74, 6) is 2.03. The van der Waals surface area contributed by atoms with Crippen molar-refractivity contribution in [1.29, 1.82) is 0 Å². The third-order valence-corrected chi connectivity index (χ3v) is 5.87. The highest BCUT2D eigenvalue weighted by Crippen LogP contribution is 2.38. The number of aliphatic hydroxyl groups excluding tert-OH is 1. The minimum Gasteiger partial charge on any atom is -0.497 e. The van der Waals surface area contributed by atoms with Gasteiger partial charge < -0.3 is 19.0 Å². The van der Waals surface area contributed by atoms with E-state index in [0.717, 1.165) is 37.0 Å². The number of aliphatic hydroxyl groups is 1. The fourth-order valence-corrected chi connectivity index (χ4v) is 4.19. The van der Waals surface area contributed by atoms with Gasteiger partial charge in [-0.15, -0.1) is 0 Å². The molecule has 5 nitrogen and oxygen atoms in total. The van der Waals surface area contributed by atoms with E-state index in [0.29, 0.717) is 24.0 Å². The van der Waals surface area contributed by atoms with Gasteiger partial charge in [0.05, 0.1) is 19.8 Å². The van der Waals surface area contributed by atoms with E-state index >= 15 is 0 Å². The third kappa shape index (κ3) is 4.74. The first-order chi connectivity index (χ1) is 14.6. The highest BCUT2D eigenvalue weighted by Gasteiger charge is 2.32. The van der Waals surface area contributed by atoms with E-state index < -0.39 is 6.10 Å². The summed E-state index contributed by atoms with van der Waals surface area (Å²) in [6, 6.07) is 17.8. The molecule has 1 N–H and O–H groups in total. The van der Waals surface area contributed by atoms with Crippen LogP contribution in [0.1, 0.15) is 48.8 Å². The lowest BCUT2D eigenvalue weighted by molar-refractivity contribution is -0.0258. The first-order valence-electron chi connectivity index (χ1n) is 10.6. The number of rotatable bonds is 7. The van der Waals surface area contributed by atoms with Gasteiger partial charge in [-0.2, -0.15) is 0 Å². The summed E-state index contributed by atoms with van der Waals surface area (Å²) in [6.45, 7) is 2.47. The van der Waals surface area contributed by atoms with Gasteiger partial charge in [-0.25, -0.2) is 4.98 Å². The molecule has 1 aliphatic rings. The first-order valence-corrected chi connectivity index (χ1v) is 10.6. The number of hydrogen-bond donors (Lipinski definition) is 1. The van der Waals surface area contributed by atoms with E-state index in [4.69, 9.17) is 13.9 Å². The van der Waals surface area contributed by atoms with Crippen molar-refractivity contribution in [1.82, 2.24) is 4.98 Å². The van der Waals surface area contributed by atoms with Gasteiger partial charge in [0.15, 0.2) is 0 Å². The highest BCUT2D eigenvalue weighted by molar-refractivity contribution is 5.56. The summed E-state index contributed by atoms with van der Waals surface area (Å²) in [5, 5.41) is 11.1. The zero-order valence-corrected chi connectivity index (χ0v) is 17.6. The standard InChI is InChI=1S/C25H29NO4/c1-17-23(26-25(30-17)20-11-7-12-21(15-20)28-2)24(27)19-10-6-13-22(14-19)29-16-18-8-4-3-5-9-18/h3-5,7-9,11-12,15,19,22,24,27H,6,10,13-14,16H2,1-2H3. The van der Waals surface area contributed by atoms with Crippen molar-refractivity contribution in [2.75, 3.05) is 7.11 Å². The van der Waals surface area contributed by atoms with Gasteiger partial charge >= 0.3 is 0 Å². The molecule has 0 spiro atoms. The van der Waals surface area contributed by atoms with E-state index in [9.17, 15) is 5.11 Å². The molecular formula is C25H29NO4. The van der Waals surface area contributed by atoms with E-state index in [-0.39, 0.29) is 12.0 Å². The predicted molar refractivity (Wildman–Crippen MR) is 115 cm³/mol. The van der Waals surface area contributed by atoms with Crippen LogP contribution in [-0.2, 0) is 11.3 Å². The third-order valence-electron chi connectivity index (χ3n) is 5.87. The molecule has 158 valence electrons. The number of aromatic nitrogens is 1. The summed E-state index contributed by atoms with van der Waals surface area (Å²) in [4.78, 5) is 4.64. The second kappa shape index (κ2) is 9.45. The van der Waals surface area contributed by atoms with Gasteiger partial charge in [0, 0.05) is 5.56 Å². The fourth-order valence-electron chi connectivity index (χ4n) is 4.19. The molecule has 3 aromatic rings. The van der Waals surface area contributed by atoms with Gasteiger partial charge in [-0.3, -0.25) is 0 Å². The van der Waals surface area contributed by atoms with E-state index in [1.807, 2.05) is 49.4 Å². The SMILES string of the molecule is COc1cccc(-c2nc(C(O)C3CCCC(OCc4ccccc4)C3)c(C)o2)c1. The molecule has 1 aliphatic carbocycles. The minimum absolute atomic E-state index is 0.112. The second-order valence-electron chi connectivity index (χ2n) is 7.98. The van der Waals surface area contributed by atoms with E-state index in [1.54, 1.807) is 7.11 Å². The van der Waals surface area contributed by atoms with E-state index in [2.05, 4.69) is 17.1 Å². The predicted octanol–water partition coefficient (Wildman–Crippen LogP) is 5.47. The summed E-state index contributed by atoms with van der Waals surface area (Å²) < 4.78 is 17.3. The number of oxazole rings is 1. The number of benzene rings is 2. The summed E-state index contributed by atoms with van der Waals surface area (Å²) >= 11 is 0. The maximum absolute atomic E-state index is 11.1. The van der Waals surface area contributed by atoms with Crippen LogP contribution in [0, 0.1) is 12.8 Å². The molecule has 0 amide bonds. The van der Waals surface area contributed by atoms with Crippen molar-refractivity contribution in [2.45, 2.75) is 51.4 Å². The molecule has 0 bridgehead atoms. The van der Waals surface area contributed by atoms with Crippen LogP contribution in [0.4, 0.5) is 0 Å². The molecule has 1 heterocycles. The molecule has 1 saturated carbocycles. The first kappa shape index (κ1) is 20.6. The highest BCUT2D eigenvalue weighted by atomic mass is 16.5. The Balaban J connectivity index is 1.43.